The predicted molar refractivity (Wildman–Crippen MR) is 117 cm³/mol. The summed E-state index contributed by atoms with van der Waals surface area (Å²) in [4.78, 5) is 15.2. The highest BCUT2D eigenvalue weighted by Gasteiger charge is 2.42. The summed E-state index contributed by atoms with van der Waals surface area (Å²) in [7, 11) is 1.63. The smallest absolute Gasteiger partial charge is 0.273 e. The van der Waals surface area contributed by atoms with Gasteiger partial charge in [-0.25, -0.2) is 0 Å². The van der Waals surface area contributed by atoms with Crippen LogP contribution in [0.5, 0.6) is 11.5 Å². The first kappa shape index (κ1) is 18.9. The third-order valence-corrected chi connectivity index (χ3v) is 5.63. The summed E-state index contributed by atoms with van der Waals surface area (Å²) in [5, 5.41) is 17.2. The second-order valence-corrected chi connectivity index (χ2v) is 7.50. The van der Waals surface area contributed by atoms with E-state index in [1.807, 2.05) is 71.6 Å². The van der Waals surface area contributed by atoms with Gasteiger partial charge in [-0.05, 0) is 35.4 Å². The average molecular weight is 411 g/mol. The summed E-state index contributed by atoms with van der Waals surface area (Å²) in [6.07, 6.45) is 0. The van der Waals surface area contributed by atoms with E-state index in [4.69, 9.17) is 4.74 Å². The van der Waals surface area contributed by atoms with Gasteiger partial charge in [0.15, 0.2) is 0 Å². The van der Waals surface area contributed by atoms with E-state index >= 15 is 0 Å². The number of aromatic nitrogens is 2. The Bertz CT molecular complexity index is 1220. The molecule has 4 aromatic rings. The summed E-state index contributed by atoms with van der Waals surface area (Å²) in [5.41, 5.74) is 4.98. The van der Waals surface area contributed by atoms with Gasteiger partial charge in [-0.2, -0.15) is 5.10 Å². The van der Waals surface area contributed by atoms with Crippen molar-refractivity contribution in [2.45, 2.75) is 12.6 Å². The van der Waals surface area contributed by atoms with E-state index in [1.165, 1.54) is 0 Å². The second-order valence-electron chi connectivity index (χ2n) is 7.50. The molecule has 1 aliphatic heterocycles. The first-order chi connectivity index (χ1) is 15.2. The molecule has 31 heavy (non-hydrogen) atoms. The van der Waals surface area contributed by atoms with Crippen LogP contribution < -0.4 is 4.74 Å². The van der Waals surface area contributed by atoms with Gasteiger partial charge < -0.3 is 14.7 Å². The van der Waals surface area contributed by atoms with Gasteiger partial charge in [0.05, 0.1) is 18.8 Å². The molecule has 2 heterocycles. The largest absolute Gasteiger partial charge is 0.508 e. The van der Waals surface area contributed by atoms with Crippen molar-refractivity contribution < 1.29 is 14.6 Å². The highest BCUT2D eigenvalue weighted by molar-refractivity contribution is 6.00. The molecule has 6 heteroatoms. The Morgan fingerprint density at radius 3 is 2.39 bits per heavy atom. The van der Waals surface area contributed by atoms with E-state index in [2.05, 4.69) is 10.2 Å². The fraction of sp³-hybridized carbons (Fsp3) is 0.120. The quantitative estimate of drug-likeness (QED) is 0.506. The van der Waals surface area contributed by atoms with Crippen molar-refractivity contribution in [3.63, 3.8) is 0 Å². The normalized spacial score (nSPS) is 15.2. The molecule has 3 aromatic carbocycles. The number of benzene rings is 3. The summed E-state index contributed by atoms with van der Waals surface area (Å²) in [5.74, 6) is 0.858. The third-order valence-electron chi connectivity index (χ3n) is 5.63. The standard InChI is InChI=1S/C25H21N3O3/c1-31-20-13-7-16(8-14-20)15-28-24(18-9-11-19(29)12-10-18)21-22(17-5-3-2-4-6-17)26-27-23(21)25(28)30/h2-14,24,29H,15H2,1H3,(H,26,27). The number of carbonyl (C=O) groups excluding carboxylic acids is 1. The van der Waals surface area contributed by atoms with E-state index in [0.29, 0.717) is 12.2 Å². The van der Waals surface area contributed by atoms with Gasteiger partial charge in [0.2, 0.25) is 0 Å². The number of rotatable bonds is 5. The van der Waals surface area contributed by atoms with Gasteiger partial charge in [0.1, 0.15) is 17.2 Å². The lowest BCUT2D eigenvalue weighted by Gasteiger charge is -2.26. The molecule has 1 aliphatic rings. The fourth-order valence-electron chi connectivity index (χ4n) is 4.11. The van der Waals surface area contributed by atoms with Crippen molar-refractivity contribution in [2.75, 3.05) is 7.11 Å². The van der Waals surface area contributed by atoms with Crippen molar-refractivity contribution in [3.05, 3.63) is 101 Å². The van der Waals surface area contributed by atoms with Gasteiger partial charge in [-0.15, -0.1) is 0 Å². The number of hydrogen-bond acceptors (Lipinski definition) is 4. The molecule has 0 saturated carbocycles. The van der Waals surface area contributed by atoms with E-state index in [9.17, 15) is 9.90 Å². The molecule has 0 spiro atoms. The maximum Gasteiger partial charge on any atom is 0.273 e. The number of phenolic OH excluding ortho intramolecular Hbond substituents is 1. The lowest BCUT2D eigenvalue weighted by atomic mass is 9.96. The predicted octanol–water partition coefficient (Wildman–Crippen LogP) is 4.54. The maximum atomic E-state index is 13.4. The first-order valence-electron chi connectivity index (χ1n) is 10.0. The number of hydrogen-bond donors (Lipinski definition) is 2. The number of aromatic hydroxyl groups is 1. The number of H-pyrrole nitrogens is 1. The van der Waals surface area contributed by atoms with Crippen molar-refractivity contribution >= 4 is 5.91 Å². The molecule has 1 atom stereocenters. The number of aromatic amines is 1. The monoisotopic (exact) mass is 411 g/mol. The topological polar surface area (TPSA) is 78.5 Å². The van der Waals surface area contributed by atoms with Crippen molar-refractivity contribution in [1.29, 1.82) is 0 Å². The van der Waals surface area contributed by atoms with E-state index in [-0.39, 0.29) is 17.7 Å². The Balaban J connectivity index is 1.61. The highest BCUT2D eigenvalue weighted by Crippen LogP contribution is 2.43. The summed E-state index contributed by atoms with van der Waals surface area (Å²) >= 11 is 0. The molecule has 0 fully saturated rings. The SMILES string of the molecule is COc1ccc(CN2C(=O)c3[nH]nc(-c4ccccc4)c3C2c2ccc(O)cc2)cc1. The van der Waals surface area contributed by atoms with Crippen LogP contribution in [0.2, 0.25) is 0 Å². The number of ether oxygens (including phenoxy) is 1. The molecular weight excluding hydrogens is 390 g/mol. The number of fused-ring (bicyclic) bond motifs is 1. The molecule has 1 aromatic heterocycles. The zero-order valence-corrected chi connectivity index (χ0v) is 16.9. The highest BCUT2D eigenvalue weighted by atomic mass is 16.5. The minimum absolute atomic E-state index is 0.0985. The molecule has 5 rings (SSSR count). The van der Waals surface area contributed by atoms with E-state index < -0.39 is 0 Å². The van der Waals surface area contributed by atoms with Crippen molar-refractivity contribution in [1.82, 2.24) is 15.1 Å². The summed E-state index contributed by atoms with van der Waals surface area (Å²) < 4.78 is 5.25. The maximum absolute atomic E-state index is 13.4. The van der Waals surface area contributed by atoms with Crippen LogP contribution >= 0.6 is 0 Å². The zero-order chi connectivity index (χ0) is 21.4. The number of carbonyl (C=O) groups is 1. The van der Waals surface area contributed by atoms with Gasteiger partial charge in [0.25, 0.3) is 5.91 Å². The minimum atomic E-state index is -0.320. The Kier molecular flexibility index (Phi) is 4.67. The van der Waals surface area contributed by atoms with Crippen LogP contribution in [0.25, 0.3) is 11.3 Å². The number of amides is 1. The molecule has 0 radical (unpaired) electrons. The molecular formula is C25H21N3O3. The number of methoxy groups -OCH3 is 1. The van der Waals surface area contributed by atoms with Gasteiger partial charge >= 0.3 is 0 Å². The van der Waals surface area contributed by atoms with E-state index in [1.54, 1.807) is 19.2 Å². The second kappa shape index (κ2) is 7.65. The van der Waals surface area contributed by atoms with E-state index in [0.717, 1.165) is 33.7 Å². The first-order valence-corrected chi connectivity index (χ1v) is 10.0. The molecule has 1 amide bonds. The molecule has 154 valence electrons. The molecule has 2 N–H and O–H groups in total. The Labute approximate surface area is 179 Å². The zero-order valence-electron chi connectivity index (χ0n) is 16.9. The lowest BCUT2D eigenvalue weighted by Crippen LogP contribution is -2.29. The van der Waals surface area contributed by atoms with Crippen LogP contribution in [0.15, 0.2) is 78.9 Å². The van der Waals surface area contributed by atoms with Crippen molar-refractivity contribution in [3.8, 4) is 22.8 Å². The van der Waals surface area contributed by atoms with Crippen LogP contribution in [0, 0.1) is 0 Å². The average Bonchev–Trinajstić information content (AvgIpc) is 3.35. The van der Waals surface area contributed by atoms with Gasteiger partial charge in [-0.1, -0.05) is 54.6 Å². The molecule has 0 bridgehead atoms. The van der Waals surface area contributed by atoms with Crippen LogP contribution in [0.1, 0.15) is 33.2 Å². The van der Waals surface area contributed by atoms with Crippen LogP contribution in [0.3, 0.4) is 0 Å². The van der Waals surface area contributed by atoms with Crippen molar-refractivity contribution in [2.24, 2.45) is 0 Å². The third kappa shape index (κ3) is 3.32. The number of nitrogens with zero attached hydrogens (tertiary/aromatic N) is 2. The van der Waals surface area contributed by atoms with Gasteiger partial charge in [0, 0.05) is 17.7 Å². The fourth-order valence-corrected chi connectivity index (χ4v) is 4.11. The van der Waals surface area contributed by atoms with Crippen LogP contribution in [-0.4, -0.2) is 33.2 Å². The molecule has 6 nitrogen and oxygen atoms in total. The molecule has 0 aliphatic carbocycles. The van der Waals surface area contributed by atoms with Crippen LogP contribution in [-0.2, 0) is 6.54 Å². The van der Waals surface area contributed by atoms with Crippen LogP contribution in [0.4, 0.5) is 0 Å². The summed E-state index contributed by atoms with van der Waals surface area (Å²) in [6, 6.07) is 24.2. The number of nitrogens with one attached hydrogen (secondary N) is 1. The molecule has 0 saturated heterocycles. The number of phenols is 1. The minimum Gasteiger partial charge on any atom is -0.508 e. The Morgan fingerprint density at radius 2 is 1.71 bits per heavy atom. The Hall–Kier alpha value is -4.06. The molecule has 1 unspecified atom stereocenters. The lowest BCUT2D eigenvalue weighted by molar-refractivity contribution is 0.0730. The Morgan fingerprint density at radius 1 is 1.00 bits per heavy atom. The summed E-state index contributed by atoms with van der Waals surface area (Å²) in [6.45, 7) is 0.436. The van der Waals surface area contributed by atoms with Gasteiger partial charge in [-0.3, -0.25) is 9.89 Å².